The average molecular weight is 334 g/mol. The third-order valence-electron chi connectivity index (χ3n) is 3.15. The van der Waals surface area contributed by atoms with Crippen LogP contribution in [0.4, 0.5) is 5.69 Å². The van der Waals surface area contributed by atoms with Crippen molar-refractivity contribution in [1.29, 1.82) is 0 Å². The standard InChI is InChI=1S/C14H24ClN3O2S/c1-10-12(15)6-11(7-13(10)16)21(19,20)17-8-14(2,3)9-18(4)5/h6-7,17H,8-9,16H2,1-5H3. The van der Waals surface area contributed by atoms with Gasteiger partial charge in [0.05, 0.1) is 4.90 Å². The van der Waals surface area contributed by atoms with Crippen LogP contribution in [0.2, 0.25) is 5.02 Å². The molecule has 0 fully saturated rings. The fourth-order valence-electron chi connectivity index (χ4n) is 2.12. The maximum absolute atomic E-state index is 12.3. The number of hydrogen-bond acceptors (Lipinski definition) is 4. The first-order chi connectivity index (χ1) is 9.44. The number of halogens is 1. The molecule has 0 amide bonds. The highest BCUT2D eigenvalue weighted by molar-refractivity contribution is 7.89. The van der Waals surface area contributed by atoms with E-state index in [0.717, 1.165) is 6.54 Å². The first-order valence-corrected chi connectivity index (χ1v) is 8.51. The van der Waals surface area contributed by atoms with E-state index in [1.807, 2.05) is 32.8 Å². The lowest BCUT2D eigenvalue weighted by molar-refractivity contribution is 0.242. The summed E-state index contributed by atoms with van der Waals surface area (Å²) in [6.45, 7) is 6.87. The lowest BCUT2D eigenvalue weighted by Gasteiger charge is -2.28. The summed E-state index contributed by atoms with van der Waals surface area (Å²) >= 11 is 6.01. The number of nitrogen functional groups attached to an aromatic ring is 1. The number of rotatable bonds is 6. The summed E-state index contributed by atoms with van der Waals surface area (Å²) in [6.07, 6.45) is 0. The van der Waals surface area contributed by atoms with E-state index >= 15 is 0 Å². The van der Waals surface area contributed by atoms with Gasteiger partial charge in [-0.15, -0.1) is 0 Å². The molecule has 0 aliphatic rings. The molecule has 0 aromatic heterocycles. The van der Waals surface area contributed by atoms with E-state index in [9.17, 15) is 8.42 Å². The van der Waals surface area contributed by atoms with Gasteiger partial charge in [-0.2, -0.15) is 0 Å². The van der Waals surface area contributed by atoms with E-state index in [4.69, 9.17) is 17.3 Å². The Morgan fingerprint density at radius 2 is 1.90 bits per heavy atom. The number of hydrogen-bond donors (Lipinski definition) is 2. The van der Waals surface area contributed by atoms with Crippen molar-refractivity contribution in [3.05, 3.63) is 22.7 Å². The summed E-state index contributed by atoms with van der Waals surface area (Å²) in [7, 11) is 0.286. The van der Waals surface area contributed by atoms with Crippen molar-refractivity contribution >= 4 is 27.3 Å². The summed E-state index contributed by atoms with van der Waals surface area (Å²) < 4.78 is 27.3. The monoisotopic (exact) mass is 333 g/mol. The van der Waals surface area contributed by atoms with Gasteiger partial charge >= 0.3 is 0 Å². The third-order valence-corrected chi connectivity index (χ3v) is 4.93. The molecule has 120 valence electrons. The van der Waals surface area contributed by atoms with E-state index in [1.165, 1.54) is 12.1 Å². The minimum Gasteiger partial charge on any atom is -0.398 e. The number of benzene rings is 1. The van der Waals surface area contributed by atoms with Crippen LogP contribution in [0.25, 0.3) is 0 Å². The maximum Gasteiger partial charge on any atom is 0.240 e. The van der Waals surface area contributed by atoms with E-state index in [2.05, 4.69) is 4.72 Å². The molecule has 1 rings (SSSR count). The van der Waals surface area contributed by atoms with Gasteiger partial charge in [0.2, 0.25) is 10.0 Å². The van der Waals surface area contributed by atoms with Crippen molar-refractivity contribution in [1.82, 2.24) is 9.62 Å². The molecule has 0 aliphatic carbocycles. The molecule has 3 N–H and O–H groups in total. The number of anilines is 1. The lowest BCUT2D eigenvalue weighted by atomic mass is 9.93. The highest BCUT2D eigenvalue weighted by atomic mass is 35.5. The van der Waals surface area contributed by atoms with Gasteiger partial charge in [-0.1, -0.05) is 25.4 Å². The van der Waals surface area contributed by atoms with Crippen LogP contribution in [0.1, 0.15) is 19.4 Å². The SMILES string of the molecule is Cc1c(N)cc(S(=O)(=O)NCC(C)(C)CN(C)C)cc1Cl. The molecule has 0 saturated heterocycles. The normalized spacial score (nSPS) is 12.9. The smallest absolute Gasteiger partial charge is 0.240 e. The van der Waals surface area contributed by atoms with Crippen molar-refractivity contribution in [2.75, 3.05) is 32.9 Å². The zero-order valence-electron chi connectivity index (χ0n) is 13.2. The summed E-state index contributed by atoms with van der Waals surface area (Å²) in [6, 6.07) is 2.86. The predicted octanol–water partition coefficient (Wildman–Crippen LogP) is 2.10. The molecule has 5 nitrogen and oxygen atoms in total. The molecule has 0 aliphatic heterocycles. The zero-order chi connectivity index (χ0) is 16.4. The van der Waals surface area contributed by atoms with Crippen LogP contribution in [0, 0.1) is 12.3 Å². The minimum atomic E-state index is -3.62. The molecule has 0 saturated carbocycles. The second kappa shape index (κ2) is 6.52. The van der Waals surface area contributed by atoms with Crippen LogP contribution >= 0.6 is 11.6 Å². The Bertz CT molecular complexity index is 590. The molecule has 21 heavy (non-hydrogen) atoms. The van der Waals surface area contributed by atoms with E-state index < -0.39 is 10.0 Å². The Hall–Kier alpha value is -0.820. The predicted molar refractivity (Wildman–Crippen MR) is 88.1 cm³/mol. The Labute approximate surface area is 132 Å². The largest absolute Gasteiger partial charge is 0.398 e. The van der Waals surface area contributed by atoms with Crippen LogP contribution in [-0.4, -0.2) is 40.5 Å². The second-order valence-corrected chi connectivity index (χ2v) is 8.52. The summed E-state index contributed by atoms with van der Waals surface area (Å²) in [5.74, 6) is 0. The zero-order valence-corrected chi connectivity index (χ0v) is 14.8. The van der Waals surface area contributed by atoms with Crippen LogP contribution in [0.15, 0.2) is 17.0 Å². The molecule has 7 heteroatoms. The van der Waals surface area contributed by atoms with Crippen molar-refractivity contribution in [2.45, 2.75) is 25.7 Å². The van der Waals surface area contributed by atoms with Crippen LogP contribution < -0.4 is 10.5 Å². The van der Waals surface area contributed by atoms with Crippen LogP contribution in [-0.2, 0) is 10.0 Å². The average Bonchev–Trinajstić information content (AvgIpc) is 2.31. The van der Waals surface area contributed by atoms with Crippen molar-refractivity contribution in [3.63, 3.8) is 0 Å². The maximum atomic E-state index is 12.3. The molecule has 1 aromatic rings. The highest BCUT2D eigenvalue weighted by Crippen LogP contribution is 2.26. The molecule has 0 unspecified atom stereocenters. The molecular weight excluding hydrogens is 310 g/mol. The Kier molecular flexibility index (Phi) is 5.66. The Morgan fingerprint density at radius 1 is 1.33 bits per heavy atom. The van der Waals surface area contributed by atoms with Gasteiger partial charge in [-0.05, 0) is 44.1 Å². The first kappa shape index (κ1) is 18.2. The van der Waals surface area contributed by atoms with Gasteiger partial charge < -0.3 is 10.6 Å². The molecule has 0 atom stereocenters. The van der Waals surface area contributed by atoms with Crippen molar-refractivity contribution in [2.24, 2.45) is 5.41 Å². The van der Waals surface area contributed by atoms with E-state index in [-0.39, 0.29) is 10.3 Å². The number of sulfonamides is 1. The molecule has 0 radical (unpaired) electrons. The van der Waals surface area contributed by atoms with E-state index in [0.29, 0.717) is 22.8 Å². The third kappa shape index (κ3) is 5.14. The Morgan fingerprint density at radius 3 is 2.38 bits per heavy atom. The fourth-order valence-corrected chi connectivity index (χ4v) is 3.71. The number of nitrogens with one attached hydrogen (secondary N) is 1. The topological polar surface area (TPSA) is 75.4 Å². The van der Waals surface area contributed by atoms with E-state index in [1.54, 1.807) is 6.92 Å². The highest BCUT2D eigenvalue weighted by Gasteiger charge is 2.23. The summed E-state index contributed by atoms with van der Waals surface area (Å²) in [5.41, 5.74) is 6.65. The quantitative estimate of drug-likeness (QED) is 0.782. The van der Waals surface area contributed by atoms with Crippen molar-refractivity contribution in [3.8, 4) is 0 Å². The minimum absolute atomic E-state index is 0.0938. The molecular formula is C14H24ClN3O2S. The van der Waals surface area contributed by atoms with Crippen LogP contribution in [0.3, 0.4) is 0 Å². The van der Waals surface area contributed by atoms with Gasteiger partial charge in [0.25, 0.3) is 0 Å². The van der Waals surface area contributed by atoms with Gasteiger partial charge in [-0.3, -0.25) is 0 Å². The molecule has 0 bridgehead atoms. The van der Waals surface area contributed by atoms with Gasteiger partial charge in [0, 0.05) is 23.8 Å². The van der Waals surface area contributed by atoms with Gasteiger partial charge in [0.1, 0.15) is 0 Å². The fraction of sp³-hybridized carbons (Fsp3) is 0.571. The van der Waals surface area contributed by atoms with Gasteiger partial charge in [-0.25, -0.2) is 13.1 Å². The number of nitrogens with zero attached hydrogens (tertiary/aromatic N) is 1. The molecule has 0 spiro atoms. The second-order valence-electron chi connectivity index (χ2n) is 6.35. The molecule has 1 aromatic carbocycles. The molecule has 0 heterocycles. The lowest BCUT2D eigenvalue weighted by Crippen LogP contribution is -2.39. The van der Waals surface area contributed by atoms with Crippen molar-refractivity contribution < 1.29 is 8.42 Å². The first-order valence-electron chi connectivity index (χ1n) is 6.65. The van der Waals surface area contributed by atoms with Crippen LogP contribution in [0.5, 0.6) is 0 Å². The number of nitrogens with two attached hydrogens (primary N) is 1. The summed E-state index contributed by atoms with van der Waals surface area (Å²) in [5, 5.41) is 0.350. The Balaban J connectivity index is 2.93. The van der Waals surface area contributed by atoms with Gasteiger partial charge in [0.15, 0.2) is 0 Å². The summed E-state index contributed by atoms with van der Waals surface area (Å²) in [4.78, 5) is 2.12.